The van der Waals surface area contributed by atoms with Gasteiger partial charge in [0.1, 0.15) is 12.6 Å². The van der Waals surface area contributed by atoms with Gasteiger partial charge in [0.05, 0.1) is 30.2 Å². The van der Waals surface area contributed by atoms with E-state index in [4.69, 9.17) is 15.6 Å². The predicted molar refractivity (Wildman–Crippen MR) is 340 cm³/mol. The van der Waals surface area contributed by atoms with Gasteiger partial charge in [0.25, 0.3) is 0 Å². The molecule has 0 aliphatic carbocycles. The Balaban J connectivity index is 2.33. The Kier molecular flexibility index (Phi) is 36.4. The van der Waals surface area contributed by atoms with Crippen molar-refractivity contribution in [3.8, 4) is 0 Å². The molecule has 0 saturated carbocycles. The summed E-state index contributed by atoms with van der Waals surface area (Å²) in [6, 6.07) is -2.15. The normalized spacial score (nSPS) is 15.5. The number of hydrogen-bond acceptors (Lipinski definition) is 19. The molecule has 1 saturated heterocycles. The first-order valence-corrected chi connectivity index (χ1v) is 32.8. The summed E-state index contributed by atoms with van der Waals surface area (Å²) in [5, 5.41) is 60.3. The summed E-state index contributed by atoms with van der Waals surface area (Å²) in [6.07, 6.45) is -5.52. The van der Waals surface area contributed by atoms with Crippen molar-refractivity contribution in [2.75, 3.05) is 31.8 Å². The van der Waals surface area contributed by atoms with E-state index < -0.39 is 202 Å². The van der Waals surface area contributed by atoms with Crippen LogP contribution in [-0.2, 0) is 83.1 Å². The molecular weight excluding hydrogens is 1250 g/mol. The molecule has 1 aliphatic rings. The number of nitrogens with zero attached hydrogens (tertiary/aromatic N) is 1. The number of ketones is 5. The average Bonchev–Trinajstić information content (AvgIpc) is 1.56. The molecule has 1 fully saturated rings. The first-order chi connectivity index (χ1) is 44.0. The van der Waals surface area contributed by atoms with E-state index in [1.54, 1.807) is 11.8 Å². The van der Waals surface area contributed by atoms with Crippen LogP contribution in [0.1, 0.15) is 179 Å². The number of thioether (sulfide) groups is 1. The lowest BCUT2D eigenvalue weighted by Gasteiger charge is -2.31. The van der Waals surface area contributed by atoms with E-state index in [0.717, 1.165) is 0 Å². The Hall–Kier alpha value is -7.99. The highest BCUT2D eigenvalue weighted by Gasteiger charge is 2.38. The van der Waals surface area contributed by atoms with Crippen molar-refractivity contribution in [2.24, 2.45) is 28.9 Å². The van der Waals surface area contributed by atoms with Gasteiger partial charge in [-0.1, -0.05) is 58.9 Å². The lowest BCUT2D eigenvalue weighted by atomic mass is 9.87. The summed E-state index contributed by atoms with van der Waals surface area (Å²) >= 11 is 1.59. The number of hydrogen-bond donors (Lipinski definition) is 11. The van der Waals surface area contributed by atoms with Gasteiger partial charge in [0.2, 0.25) is 35.4 Å². The van der Waals surface area contributed by atoms with Crippen molar-refractivity contribution >= 4 is 106 Å². The largest absolute Gasteiger partial charge is 0.481 e. The first kappa shape index (κ1) is 82.1. The Morgan fingerprint density at radius 2 is 1.07 bits per heavy atom. The van der Waals surface area contributed by atoms with E-state index in [1.165, 1.54) is 36.1 Å². The maximum absolute atomic E-state index is 14.3. The topological polar surface area (TPSA) is 473 Å². The molecule has 94 heavy (non-hydrogen) atoms. The van der Waals surface area contributed by atoms with Gasteiger partial charge in [-0.2, -0.15) is 11.8 Å². The lowest BCUT2D eigenvalue weighted by Crippen LogP contribution is -2.52. The number of likely N-dealkylation sites (tertiary alicyclic amines) is 1. The van der Waals surface area contributed by atoms with Gasteiger partial charge in [0.15, 0.2) is 28.9 Å². The molecule has 6 amide bonds. The number of ether oxygens (including phenoxy) is 1. The summed E-state index contributed by atoms with van der Waals surface area (Å²) in [6.45, 7) is 10.7. The number of aliphatic carboxylic acids is 5. The highest BCUT2D eigenvalue weighted by atomic mass is 32.2. The SMILES string of the molecule is CSC[C@H](NC(=O)CCC(=O)[C@H](CC(C)C)NC(=O)[C@@H]1CCCN1C(=O)COCCCC(=O)[C@H](Cc1ccc(C(C)=O)cc1)NC(=O)[C@@H](CCC(=O)O)CC(=O)[C@@H](CCC(=O)O)NC(=O)[C@@H](CCC(=O)O)CC(=O)[C@@H](CCC(=O)O)NC(=O)[C@H](N)CCC(=O)O)C(C)(C)C. The van der Waals surface area contributed by atoms with Crippen LogP contribution in [-0.4, -0.2) is 199 Å². The number of Topliss-reactive ketones (excluding diaryl/α,β-unsaturated/α-hetero) is 5. The molecule has 0 spiro atoms. The summed E-state index contributed by atoms with van der Waals surface area (Å²) in [5.41, 5.74) is 6.35. The minimum Gasteiger partial charge on any atom is -0.481 e. The maximum atomic E-state index is 14.3. The summed E-state index contributed by atoms with van der Waals surface area (Å²) in [4.78, 5) is 209. The molecule has 12 N–H and O–H groups in total. The second-order valence-electron chi connectivity index (χ2n) is 25.1. The van der Waals surface area contributed by atoms with Gasteiger partial charge in [-0.05, 0) is 94.3 Å². The molecule has 1 aromatic carbocycles. The van der Waals surface area contributed by atoms with Crippen LogP contribution in [0, 0.1) is 23.2 Å². The number of carbonyl (C=O) groups is 16. The zero-order chi connectivity index (χ0) is 71.0. The van der Waals surface area contributed by atoms with E-state index in [9.17, 15) is 97.1 Å². The monoisotopic (exact) mass is 1350 g/mol. The summed E-state index contributed by atoms with van der Waals surface area (Å²) in [5.74, 6) is -17.2. The van der Waals surface area contributed by atoms with Crippen LogP contribution < -0.4 is 32.3 Å². The van der Waals surface area contributed by atoms with Crippen LogP contribution >= 0.6 is 11.8 Å². The number of carboxylic acids is 5. The minimum atomic E-state index is -1.77. The highest BCUT2D eigenvalue weighted by Crippen LogP contribution is 2.25. The van der Waals surface area contributed by atoms with E-state index in [2.05, 4.69) is 26.6 Å². The molecule has 0 aromatic heterocycles. The Bertz CT molecular complexity index is 2840. The average molecular weight is 1350 g/mol. The van der Waals surface area contributed by atoms with Crippen molar-refractivity contribution in [1.29, 1.82) is 0 Å². The number of carbonyl (C=O) groups excluding carboxylic acids is 11. The zero-order valence-electron chi connectivity index (χ0n) is 54.7. The van der Waals surface area contributed by atoms with Crippen molar-refractivity contribution in [1.82, 2.24) is 31.5 Å². The van der Waals surface area contributed by atoms with E-state index in [0.29, 0.717) is 36.1 Å². The molecule has 1 aliphatic heterocycles. The van der Waals surface area contributed by atoms with Gasteiger partial charge < -0.3 is 67.5 Å². The molecule has 524 valence electrons. The first-order valence-electron chi connectivity index (χ1n) is 31.4. The molecule has 0 radical (unpaired) electrons. The number of benzene rings is 1. The molecule has 29 nitrogen and oxygen atoms in total. The third-order valence-electron chi connectivity index (χ3n) is 15.8. The van der Waals surface area contributed by atoms with Crippen LogP contribution in [0.15, 0.2) is 24.3 Å². The number of nitrogens with one attached hydrogen (secondary N) is 5. The van der Waals surface area contributed by atoms with Crippen LogP contribution in [0.4, 0.5) is 0 Å². The molecule has 0 unspecified atom stereocenters. The Labute approximate surface area is 550 Å². The number of nitrogens with two attached hydrogens (primary N) is 1. The number of rotatable bonds is 48. The van der Waals surface area contributed by atoms with Crippen LogP contribution in [0.5, 0.6) is 0 Å². The second-order valence-corrected chi connectivity index (χ2v) is 26.0. The standard InChI is InChI=1S/C64H95N7O22S/c1-36(2)30-45(49(74)21-22-53(77)70-52(35-94-7)64(4,5)6)69-63(92)47-10-8-28-71(47)54(78)34-93-29-9-11-48(73)46(31-38-12-14-39(15-13-38)37(3)72)68-61(90)41(17-24-56(81)82)33-50(75)43(19-26-58(85)86)66-60(89)40(16-23-55(79)80)32-51(76)44(20-27-59(87)88)67-62(91)42(65)18-25-57(83)84/h12-15,36,40-47,52H,8-11,16-35,65H2,1-7H3,(H,66,89)(H,67,91)(H,68,90)(H,69,92)(H,70,77)(H,79,80)(H,81,82)(H,83,84)(H,85,86)(H,87,88)/t40-,41-,42+,43+,44+,45-,46-,47-,52-/m0/s1. The van der Waals surface area contributed by atoms with Gasteiger partial charge in [-0.3, -0.25) is 76.7 Å². The van der Waals surface area contributed by atoms with Crippen molar-refractivity contribution in [3.05, 3.63) is 35.4 Å². The van der Waals surface area contributed by atoms with Gasteiger partial charge in [0, 0.05) is 107 Å². The van der Waals surface area contributed by atoms with Crippen LogP contribution in [0.25, 0.3) is 0 Å². The van der Waals surface area contributed by atoms with E-state index in [-0.39, 0.29) is 86.5 Å². The fourth-order valence-corrected chi connectivity index (χ4v) is 11.2. The van der Waals surface area contributed by atoms with Crippen molar-refractivity contribution < 1.29 is 107 Å². The quantitative estimate of drug-likeness (QED) is 0.0330. The number of carboxylic acid groups (broad SMARTS) is 5. The van der Waals surface area contributed by atoms with Crippen molar-refractivity contribution in [2.45, 2.75) is 212 Å². The van der Waals surface area contributed by atoms with Crippen molar-refractivity contribution in [3.63, 3.8) is 0 Å². The van der Waals surface area contributed by atoms with Gasteiger partial charge >= 0.3 is 29.8 Å². The summed E-state index contributed by atoms with van der Waals surface area (Å²) in [7, 11) is 0. The Morgan fingerprint density at radius 3 is 1.55 bits per heavy atom. The smallest absolute Gasteiger partial charge is 0.303 e. The van der Waals surface area contributed by atoms with Crippen LogP contribution in [0.3, 0.4) is 0 Å². The fourth-order valence-electron chi connectivity index (χ4n) is 10.3. The van der Waals surface area contributed by atoms with E-state index >= 15 is 0 Å². The minimum absolute atomic E-state index is 0.00535. The Morgan fingerprint density at radius 1 is 0.596 bits per heavy atom. The highest BCUT2D eigenvalue weighted by molar-refractivity contribution is 7.98. The lowest BCUT2D eigenvalue weighted by molar-refractivity contribution is -0.142. The van der Waals surface area contributed by atoms with E-state index in [1.807, 2.05) is 40.9 Å². The molecule has 9 atom stereocenters. The third kappa shape index (κ3) is 31.8. The molecule has 0 bridgehead atoms. The molecular formula is C64H95N7O22S. The maximum Gasteiger partial charge on any atom is 0.303 e. The van der Waals surface area contributed by atoms with Gasteiger partial charge in [-0.25, -0.2) is 0 Å². The molecule has 1 heterocycles. The zero-order valence-corrected chi connectivity index (χ0v) is 55.5. The fraction of sp³-hybridized carbons (Fsp3) is 0.656. The van der Waals surface area contributed by atoms with Gasteiger partial charge in [-0.15, -0.1) is 0 Å². The second kappa shape index (κ2) is 41.7. The van der Waals surface area contributed by atoms with Crippen LogP contribution in [0.2, 0.25) is 0 Å². The predicted octanol–water partition coefficient (Wildman–Crippen LogP) is 2.82. The number of amides is 6. The molecule has 30 heteroatoms. The molecule has 1 aromatic rings. The molecule has 2 rings (SSSR count). The summed E-state index contributed by atoms with van der Waals surface area (Å²) < 4.78 is 5.69. The third-order valence-corrected chi connectivity index (χ3v) is 16.5.